The minimum absolute atomic E-state index is 0.0419. The Bertz CT molecular complexity index is 1530. The van der Waals surface area contributed by atoms with Gasteiger partial charge in [0.05, 0.1) is 28.0 Å². The van der Waals surface area contributed by atoms with E-state index >= 15 is 0 Å². The Kier molecular flexibility index (Phi) is 5.67. The monoisotopic (exact) mass is 471 g/mol. The van der Waals surface area contributed by atoms with Crippen LogP contribution in [0.25, 0.3) is 16.6 Å². The lowest BCUT2D eigenvalue weighted by Gasteiger charge is -2.18. The van der Waals surface area contributed by atoms with Gasteiger partial charge >= 0.3 is 0 Å². The van der Waals surface area contributed by atoms with Crippen molar-refractivity contribution in [3.8, 4) is 11.4 Å². The van der Waals surface area contributed by atoms with Gasteiger partial charge in [0.2, 0.25) is 0 Å². The van der Waals surface area contributed by atoms with Gasteiger partial charge in [-0.2, -0.15) is 0 Å². The number of anilines is 1. The van der Waals surface area contributed by atoms with Crippen LogP contribution in [0.2, 0.25) is 0 Å². The lowest BCUT2D eigenvalue weighted by molar-refractivity contribution is -0.118. The first kappa shape index (κ1) is 21.9. The maximum Gasteiger partial charge on any atom is 0.266 e. The summed E-state index contributed by atoms with van der Waals surface area (Å²) >= 11 is 1.21. The number of aryl methyl sites for hydroxylation is 2. The molecule has 0 saturated carbocycles. The lowest BCUT2D eigenvalue weighted by atomic mass is 10.1. The molecular weight excluding hydrogens is 450 g/mol. The second-order valence-corrected chi connectivity index (χ2v) is 9.04. The Morgan fingerprint density at radius 3 is 2.74 bits per heavy atom. The van der Waals surface area contributed by atoms with E-state index in [1.807, 2.05) is 44.2 Å². The number of benzene rings is 3. The van der Waals surface area contributed by atoms with Crippen molar-refractivity contribution >= 4 is 40.0 Å². The minimum Gasteiger partial charge on any atom is -0.482 e. The second kappa shape index (κ2) is 8.79. The molecular formula is C26H21N3O4S. The van der Waals surface area contributed by atoms with E-state index in [9.17, 15) is 14.4 Å². The molecule has 1 aliphatic rings. The summed E-state index contributed by atoms with van der Waals surface area (Å²) in [6.07, 6.45) is 0. The highest BCUT2D eigenvalue weighted by atomic mass is 32.2. The zero-order chi connectivity index (χ0) is 23.8. The summed E-state index contributed by atoms with van der Waals surface area (Å²) < 4.78 is 6.94. The minimum atomic E-state index is -0.260. The molecule has 0 bridgehead atoms. The summed E-state index contributed by atoms with van der Waals surface area (Å²) in [4.78, 5) is 42.8. The number of hydrogen-bond acceptors (Lipinski definition) is 6. The largest absolute Gasteiger partial charge is 0.482 e. The molecule has 3 aromatic carbocycles. The first-order valence-corrected chi connectivity index (χ1v) is 11.7. The van der Waals surface area contributed by atoms with Crippen LogP contribution in [0.1, 0.15) is 21.5 Å². The molecule has 0 spiro atoms. The van der Waals surface area contributed by atoms with Crippen LogP contribution >= 0.6 is 11.8 Å². The van der Waals surface area contributed by atoms with Crippen LogP contribution in [-0.2, 0) is 4.79 Å². The first-order valence-electron chi connectivity index (χ1n) is 10.7. The molecule has 0 radical (unpaired) electrons. The van der Waals surface area contributed by atoms with Crippen molar-refractivity contribution < 1.29 is 14.3 Å². The molecule has 0 atom stereocenters. The molecule has 4 aromatic rings. The van der Waals surface area contributed by atoms with Gasteiger partial charge in [-0.3, -0.25) is 19.0 Å². The van der Waals surface area contributed by atoms with Crippen molar-refractivity contribution in [2.24, 2.45) is 0 Å². The Morgan fingerprint density at radius 2 is 1.91 bits per heavy atom. The number of aromatic nitrogens is 2. The summed E-state index contributed by atoms with van der Waals surface area (Å²) in [6.45, 7) is 3.91. The smallest absolute Gasteiger partial charge is 0.266 e. The number of Topliss-reactive ketones (excluding diaryl/α,β-unsaturated/α-hetero) is 1. The molecule has 0 aliphatic carbocycles. The Morgan fingerprint density at radius 1 is 1.09 bits per heavy atom. The van der Waals surface area contributed by atoms with Crippen LogP contribution < -0.4 is 15.6 Å². The van der Waals surface area contributed by atoms with Gasteiger partial charge in [0.15, 0.2) is 17.5 Å². The average molecular weight is 472 g/mol. The predicted octanol–water partition coefficient (Wildman–Crippen LogP) is 4.31. The number of ketones is 1. The van der Waals surface area contributed by atoms with Crippen molar-refractivity contribution in [2.45, 2.75) is 19.0 Å². The third-order valence-electron chi connectivity index (χ3n) is 5.60. The van der Waals surface area contributed by atoms with Crippen molar-refractivity contribution in [1.29, 1.82) is 0 Å². The van der Waals surface area contributed by atoms with Crippen LogP contribution in [0.3, 0.4) is 0 Å². The number of hydrogen-bond donors (Lipinski definition) is 1. The van der Waals surface area contributed by atoms with Crippen molar-refractivity contribution in [2.75, 3.05) is 17.7 Å². The number of nitrogens with one attached hydrogen (secondary N) is 1. The third-order valence-corrected chi connectivity index (χ3v) is 6.54. The fraction of sp³-hybridized carbons (Fsp3) is 0.154. The number of carbonyl (C=O) groups excluding carboxylic acids is 2. The summed E-state index contributed by atoms with van der Waals surface area (Å²) in [5, 5.41) is 3.68. The number of carbonyl (C=O) groups is 2. The highest BCUT2D eigenvalue weighted by Gasteiger charge is 2.20. The van der Waals surface area contributed by atoms with Crippen molar-refractivity contribution in [1.82, 2.24) is 9.55 Å². The van der Waals surface area contributed by atoms with Gasteiger partial charge in [-0.15, -0.1) is 0 Å². The zero-order valence-electron chi connectivity index (χ0n) is 18.6. The average Bonchev–Trinajstić information content (AvgIpc) is 2.83. The molecule has 0 fully saturated rings. The van der Waals surface area contributed by atoms with Crippen molar-refractivity contribution in [3.63, 3.8) is 0 Å². The Labute approximate surface area is 199 Å². The Balaban J connectivity index is 1.51. The number of para-hydroxylation sites is 1. The predicted molar refractivity (Wildman–Crippen MR) is 132 cm³/mol. The van der Waals surface area contributed by atoms with Gasteiger partial charge in [-0.25, -0.2) is 4.98 Å². The second-order valence-electron chi connectivity index (χ2n) is 8.10. The van der Waals surface area contributed by atoms with Gasteiger partial charge < -0.3 is 10.1 Å². The van der Waals surface area contributed by atoms with E-state index in [1.54, 1.807) is 34.9 Å². The van der Waals surface area contributed by atoms with Crippen LogP contribution in [0.5, 0.6) is 5.75 Å². The van der Waals surface area contributed by atoms with E-state index in [0.717, 1.165) is 16.8 Å². The summed E-state index contributed by atoms with van der Waals surface area (Å²) in [7, 11) is 0. The molecule has 1 N–H and O–H groups in total. The third kappa shape index (κ3) is 4.08. The SMILES string of the molecule is Cc1ccc(-n2c(SCC(=O)c3ccc4c(c3)NC(=O)CO4)nc3ccccc3c2=O)c(C)c1. The molecule has 34 heavy (non-hydrogen) atoms. The van der Waals surface area contributed by atoms with Gasteiger partial charge in [0, 0.05) is 5.56 Å². The maximum atomic E-state index is 13.5. The van der Waals surface area contributed by atoms with E-state index in [0.29, 0.717) is 33.1 Å². The standard InChI is InChI=1S/C26H21N3O4S/c1-15-7-9-21(16(2)11-15)29-25(32)18-5-3-4-6-19(18)28-26(29)34-14-22(30)17-8-10-23-20(12-17)27-24(31)13-33-23/h3-12H,13-14H2,1-2H3,(H,27,31). The molecule has 1 aromatic heterocycles. The summed E-state index contributed by atoms with van der Waals surface area (Å²) in [5.41, 5.74) is 4.09. The molecule has 5 rings (SSSR count). The fourth-order valence-electron chi connectivity index (χ4n) is 3.95. The fourth-order valence-corrected chi connectivity index (χ4v) is 4.85. The topological polar surface area (TPSA) is 90.3 Å². The Hall–Kier alpha value is -3.91. The van der Waals surface area contributed by atoms with E-state index in [1.165, 1.54) is 11.8 Å². The van der Waals surface area contributed by atoms with E-state index in [-0.39, 0.29) is 29.6 Å². The van der Waals surface area contributed by atoms with Crippen LogP contribution in [0.15, 0.2) is 70.6 Å². The van der Waals surface area contributed by atoms with Gasteiger partial charge in [-0.1, -0.05) is 41.6 Å². The number of thioether (sulfide) groups is 1. The molecule has 0 saturated heterocycles. The lowest BCUT2D eigenvalue weighted by Crippen LogP contribution is -2.25. The maximum absolute atomic E-state index is 13.5. The molecule has 1 aliphatic heterocycles. The number of ether oxygens (including phenoxy) is 1. The van der Waals surface area contributed by atoms with Gasteiger partial charge in [-0.05, 0) is 55.8 Å². The summed E-state index contributed by atoms with van der Waals surface area (Å²) in [6, 6.07) is 18.0. The van der Waals surface area contributed by atoms with Crippen LogP contribution in [-0.4, -0.2) is 33.6 Å². The first-order chi connectivity index (χ1) is 16.4. The van der Waals surface area contributed by atoms with Crippen LogP contribution in [0.4, 0.5) is 5.69 Å². The quantitative estimate of drug-likeness (QED) is 0.265. The van der Waals surface area contributed by atoms with E-state index in [2.05, 4.69) is 5.32 Å². The zero-order valence-corrected chi connectivity index (χ0v) is 19.4. The number of nitrogens with zero attached hydrogens (tertiary/aromatic N) is 2. The highest BCUT2D eigenvalue weighted by molar-refractivity contribution is 7.99. The molecule has 2 heterocycles. The van der Waals surface area contributed by atoms with E-state index < -0.39 is 0 Å². The number of rotatable bonds is 5. The molecule has 0 unspecified atom stereocenters. The van der Waals surface area contributed by atoms with Gasteiger partial charge in [0.25, 0.3) is 11.5 Å². The van der Waals surface area contributed by atoms with Crippen molar-refractivity contribution in [3.05, 3.63) is 87.7 Å². The molecule has 8 heteroatoms. The van der Waals surface area contributed by atoms with E-state index in [4.69, 9.17) is 9.72 Å². The van der Waals surface area contributed by atoms with Gasteiger partial charge in [0.1, 0.15) is 5.75 Å². The normalized spacial score (nSPS) is 12.7. The number of amides is 1. The molecule has 170 valence electrons. The molecule has 7 nitrogen and oxygen atoms in total. The number of fused-ring (bicyclic) bond motifs is 2. The summed E-state index contributed by atoms with van der Waals surface area (Å²) in [5.74, 6) is 0.193. The van der Waals surface area contributed by atoms with Crippen LogP contribution in [0, 0.1) is 13.8 Å². The molecule has 1 amide bonds. The highest BCUT2D eigenvalue weighted by Crippen LogP contribution is 2.30.